The number of nitrogens with zero attached hydrogens (tertiary/aromatic N) is 2. The maximum Gasteiger partial charge on any atom is 0.259 e. The molecule has 0 fully saturated rings. The summed E-state index contributed by atoms with van der Waals surface area (Å²) in [6.07, 6.45) is 0. The number of carbonyl (C=O) groups is 1. The first kappa shape index (κ1) is 17.7. The topological polar surface area (TPSA) is 81.1 Å². The lowest BCUT2D eigenvalue weighted by Gasteiger charge is -2.11. The van der Waals surface area contributed by atoms with Crippen LogP contribution in [0.15, 0.2) is 48.5 Å². The first-order chi connectivity index (χ1) is 12.8. The number of hydrogen-bond donors (Lipinski definition) is 1. The third-order valence-corrected chi connectivity index (χ3v) is 5.90. The maximum atomic E-state index is 13.9. The Morgan fingerprint density at radius 3 is 2.52 bits per heavy atom. The Kier molecular flexibility index (Phi) is 4.24. The highest BCUT2D eigenvalue weighted by molar-refractivity contribution is 7.90. The summed E-state index contributed by atoms with van der Waals surface area (Å²) in [5, 5.41) is 7.49. The fourth-order valence-corrected chi connectivity index (χ4v) is 4.58. The number of carbonyl (C=O) groups excluding carboxylic acids is 1. The number of fused-ring (bicyclic) bond motifs is 1. The van der Waals surface area contributed by atoms with E-state index >= 15 is 0 Å². The van der Waals surface area contributed by atoms with Gasteiger partial charge in [-0.25, -0.2) is 17.5 Å². The van der Waals surface area contributed by atoms with E-state index in [1.165, 1.54) is 22.9 Å². The molecule has 27 heavy (non-hydrogen) atoms. The summed E-state index contributed by atoms with van der Waals surface area (Å²) < 4.78 is 39.3. The van der Waals surface area contributed by atoms with Crippen molar-refractivity contribution in [1.82, 2.24) is 9.78 Å². The quantitative estimate of drug-likeness (QED) is 0.724. The molecular formula is C18H13ClFN3O3S. The summed E-state index contributed by atoms with van der Waals surface area (Å²) in [6.45, 7) is 0. The van der Waals surface area contributed by atoms with Crippen LogP contribution in [0.4, 0.5) is 10.2 Å². The van der Waals surface area contributed by atoms with E-state index in [-0.39, 0.29) is 22.9 Å². The first-order valence-electron chi connectivity index (χ1n) is 7.97. The third-order valence-electron chi connectivity index (χ3n) is 4.21. The summed E-state index contributed by atoms with van der Waals surface area (Å²) >= 11 is 5.91. The molecule has 0 radical (unpaired) electrons. The molecule has 2 aromatic carbocycles. The Labute approximate surface area is 159 Å². The average Bonchev–Trinajstić information content (AvgIpc) is 3.09. The minimum absolute atomic E-state index is 0.143. The second kappa shape index (κ2) is 6.47. The Morgan fingerprint density at radius 2 is 1.81 bits per heavy atom. The van der Waals surface area contributed by atoms with Crippen LogP contribution in [0.2, 0.25) is 5.02 Å². The van der Waals surface area contributed by atoms with Gasteiger partial charge in [-0.15, -0.1) is 0 Å². The number of aromatic nitrogens is 2. The van der Waals surface area contributed by atoms with Gasteiger partial charge in [0.2, 0.25) is 0 Å². The summed E-state index contributed by atoms with van der Waals surface area (Å²) in [4.78, 5) is 12.6. The van der Waals surface area contributed by atoms with Crippen molar-refractivity contribution in [2.75, 3.05) is 5.32 Å². The van der Waals surface area contributed by atoms with Gasteiger partial charge in [-0.1, -0.05) is 23.7 Å². The molecule has 1 aliphatic heterocycles. The van der Waals surface area contributed by atoms with Gasteiger partial charge in [0.15, 0.2) is 9.84 Å². The van der Waals surface area contributed by atoms with E-state index in [1.54, 1.807) is 30.3 Å². The molecule has 0 saturated heterocycles. The highest BCUT2D eigenvalue weighted by atomic mass is 35.5. The molecule has 4 rings (SSSR count). The van der Waals surface area contributed by atoms with Gasteiger partial charge in [0.05, 0.1) is 28.5 Å². The monoisotopic (exact) mass is 405 g/mol. The van der Waals surface area contributed by atoms with Gasteiger partial charge < -0.3 is 5.32 Å². The molecule has 0 spiro atoms. The summed E-state index contributed by atoms with van der Waals surface area (Å²) in [5.74, 6) is -1.58. The van der Waals surface area contributed by atoms with E-state index in [0.29, 0.717) is 22.0 Å². The normalized spacial score (nSPS) is 14.7. The number of amides is 1. The Morgan fingerprint density at radius 1 is 1.11 bits per heavy atom. The molecule has 6 nitrogen and oxygen atoms in total. The predicted molar refractivity (Wildman–Crippen MR) is 99.3 cm³/mol. The van der Waals surface area contributed by atoms with Gasteiger partial charge in [-0.2, -0.15) is 5.10 Å². The number of nitrogens with one attached hydrogen (secondary N) is 1. The molecule has 2 heterocycles. The summed E-state index contributed by atoms with van der Waals surface area (Å²) in [7, 11) is -3.32. The average molecular weight is 406 g/mol. The Bertz CT molecular complexity index is 1160. The number of rotatable bonds is 3. The maximum absolute atomic E-state index is 13.9. The zero-order valence-electron chi connectivity index (χ0n) is 13.8. The van der Waals surface area contributed by atoms with Crippen molar-refractivity contribution in [3.05, 3.63) is 76.2 Å². The van der Waals surface area contributed by atoms with Crippen LogP contribution in [0, 0.1) is 5.82 Å². The Balaban J connectivity index is 1.80. The minimum Gasteiger partial charge on any atom is -0.306 e. The minimum atomic E-state index is -3.32. The zero-order chi connectivity index (χ0) is 19.2. The molecule has 1 N–H and O–H groups in total. The molecule has 0 saturated carbocycles. The molecule has 0 unspecified atom stereocenters. The van der Waals surface area contributed by atoms with Gasteiger partial charge in [0.25, 0.3) is 5.91 Å². The standard InChI is InChI=1S/C18H13ClFN3O3S/c19-11-5-7-12(8-6-11)23-17(14-9-27(25,26)10-16(14)22-23)21-18(24)13-3-1-2-4-15(13)20/h1-8H,9-10H2,(H,21,24). The lowest BCUT2D eigenvalue weighted by molar-refractivity contribution is 0.102. The molecule has 1 aromatic heterocycles. The van der Waals surface area contributed by atoms with Crippen LogP contribution in [0.3, 0.4) is 0 Å². The molecule has 3 aromatic rings. The zero-order valence-corrected chi connectivity index (χ0v) is 15.4. The molecule has 9 heteroatoms. The van der Waals surface area contributed by atoms with Gasteiger partial charge >= 0.3 is 0 Å². The molecule has 0 atom stereocenters. The summed E-state index contributed by atoms with van der Waals surface area (Å²) in [6, 6.07) is 12.3. The van der Waals surface area contributed by atoms with Gasteiger partial charge in [-0.05, 0) is 36.4 Å². The third kappa shape index (κ3) is 3.33. The van der Waals surface area contributed by atoms with E-state index in [4.69, 9.17) is 11.6 Å². The van der Waals surface area contributed by atoms with Crippen LogP contribution in [-0.2, 0) is 21.3 Å². The van der Waals surface area contributed by atoms with Crippen LogP contribution in [0.5, 0.6) is 0 Å². The van der Waals surface area contributed by atoms with Crippen molar-refractivity contribution in [1.29, 1.82) is 0 Å². The smallest absolute Gasteiger partial charge is 0.259 e. The number of halogens is 2. The highest BCUT2D eigenvalue weighted by Crippen LogP contribution is 2.33. The molecular weight excluding hydrogens is 393 g/mol. The molecule has 1 amide bonds. The van der Waals surface area contributed by atoms with Gasteiger partial charge in [0, 0.05) is 10.6 Å². The fourth-order valence-electron chi connectivity index (χ4n) is 2.96. The van der Waals surface area contributed by atoms with E-state index in [0.717, 1.165) is 0 Å². The number of benzene rings is 2. The number of sulfone groups is 1. The van der Waals surface area contributed by atoms with Crippen molar-refractivity contribution in [2.45, 2.75) is 11.5 Å². The van der Waals surface area contributed by atoms with E-state index in [2.05, 4.69) is 10.4 Å². The van der Waals surface area contributed by atoms with Gasteiger partial charge in [-0.3, -0.25) is 4.79 Å². The van der Waals surface area contributed by atoms with Gasteiger partial charge in [0.1, 0.15) is 11.6 Å². The van der Waals surface area contributed by atoms with Crippen molar-refractivity contribution < 1.29 is 17.6 Å². The van der Waals surface area contributed by atoms with Crippen molar-refractivity contribution in [3.8, 4) is 5.69 Å². The summed E-state index contributed by atoms with van der Waals surface area (Å²) in [5.41, 5.74) is 1.23. The second-order valence-corrected chi connectivity index (χ2v) is 8.63. The second-order valence-electron chi connectivity index (χ2n) is 6.13. The molecule has 0 aliphatic carbocycles. The van der Waals surface area contributed by atoms with Crippen molar-refractivity contribution in [3.63, 3.8) is 0 Å². The lowest BCUT2D eigenvalue weighted by Crippen LogP contribution is -2.18. The fraction of sp³-hybridized carbons (Fsp3) is 0.111. The van der Waals surface area contributed by atoms with Crippen LogP contribution in [0.1, 0.15) is 21.6 Å². The SMILES string of the molecule is O=C(Nc1c2c(nn1-c1ccc(Cl)cc1)CS(=O)(=O)C2)c1ccccc1F. The van der Waals surface area contributed by atoms with Crippen molar-refractivity contribution >= 4 is 33.2 Å². The van der Waals surface area contributed by atoms with Crippen LogP contribution in [-0.4, -0.2) is 24.1 Å². The van der Waals surface area contributed by atoms with Crippen LogP contribution in [0.25, 0.3) is 5.69 Å². The van der Waals surface area contributed by atoms with E-state index in [1.807, 2.05) is 0 Å². The van der Waals surface area contributed by atoms with E-state index in [9.17, 15) is 17.6 Å². The highest BCUT2D eigenvalue weighted by Gasteiger charge is 2.33. The molecule has 1 aliphatic rings. The largest absolute Gasteiger partial charge is 0.306 e. The van der Waals surface area contributed by atoms with Crippen LogP contribution < -0.4 is 5.32 Å². The van der Waals surface area contributed by atoms with Crippen LogP contribution >= 0.6 is 11.6 Å². The van der Waals surface area contributed by atoms with E-state index < -0.39 is 21.6 Å². The number of anilines is 1. The van der Waals surface area contributed by atoms with Crippen molar-refractivity contribution in [2.24, 2.45) is 0 Å². The predicted octanol–water partition coefficient (Wildman–Crippen LogP) is 3.35. The first-order valence-corrected chi connectivity index (χ1v) is 10.2. The molecule has 0 bridgehead atoms. The lowest BCUT2D eigenvalue weighted by atomic mass is 10.2. The number of hydrogen-bond acceptors (Lipinski definition) is 4. The Hall–Kier alpha value is -2.71. The molecule has 138 valence electrons.